The number of unbranched alkanes of at least 4 members (excludes halogenated alkanes) is 1. The number of benzene rings is 2. The minimum atomic E-state index is -0.0722. The molecule has 0 fully saturated rings. The maximum Gasteiger partial charge on any atom is 0.234 e. The Morgan fingerprint density at radius 3 is 2.52 bits per heavy atom. The van der Waals surface area contributed by atoms with Crippen LogP contribution in [0.2, 0.25) is 0 Å². The summed E-state index contributed by atoms with van der Waals surface area (Å²) in [5.74, 6) is 1.81. The molecule has 0 spiro atoms. The lowest BCUT2D eigenvalue weighted by Gasteiger charge is -2.07. The van der Waals surface area contributed by atoms with Crippen molar-refractivity contribution in [2.45, 2.75) is 31.8 Å². The van der Waals surface area contributed by atoms with Crippen molar-refractivity contribution in [1.82, 2.24) is 14.8 Å². The van der Waals surface area contributed by atoms with Crippen LogP contribution >= 0.6 is 11.8 Å². The van der Waals surface area contributed by atoms with Gasteiger partial charge in [0.25, 0.3) is 0 Å². The molecule has 0 radical (unpaired) electrons. The predicted molar refractivity (Wildman–Crippen MR) is 117 cm³/mol. The largest absolute Gasteiger partial charge is 0.494 e. The van der Waals surface area contributed by atoms with Crippen LogP contribution in [0, 0.1) is 6.92 Å². The molecule has 0 bridgehead atoms. The van der Waals surface area contributed by atoms with Gasteiger partial charge in [0.1, 0.15) is 5.75 Å². The molecule has 1 heterocycles. The standard InChI is InChI=1S/C22H26N4O2S/c1-4-5-14-28-19-12-8-17(9-13-19)21-24-25-22(26(21)3)29-15-20(27)23-18-10-6-16(2)7-11-18/h6-13H,4-5,14-15H2,1-3H3,(H,23,27). The zero-order valence-electron chi connectivity index (χ0n) is 17.0. The topological polar surface area (TPSA) is 69.0 Å². The first-order valence-electron chi connectivity index (χ1n) is 9.68. The van der Waals surface area contributed by atoms with Gasteiger partial charge in [0.05, 0.1) is 12.4 Å². The molecule has 1 amide bonds. The third-order valence-corrected chi connectivity index (χ3v) is 5.40. The molecule has 0 atom stereocenters. The third-order valence-electron chi connectivity index (χ3n) is 4.38. The summed E-state index contributed by atoms with van der Waals surface area (Å²) in [6.07, 6.45) is 2.16. The van der Waals surface area contributed by atoms with Crippen molar-refractivity contribution >= 4 is 23.4 Å². The van der Waals surface area contributed by atoms with Crippen molar-refractivity contribution in [2.24, 2.45) is 7.05 Å². The SMILES string of the molecule is CCCCOc1ccc(-c2nnc(SCC(=O)Nc3ccc(C)cc3)n2C)cc1. The molecule has 1 aromatic heterocycles. The molecular weight excluding hydrogens is 384 g/mol. The second-order valence-electron chi connectivity index (χ2n) is 6.79. The van der Waals surface area contributed by atoms with Crippen LogP contribution in [0.4, 0.5) is 5.69 Å². The summed E-state index contributed by atoms with van der Waals surface area (Å²) in [5, 5.41) is 12.1. The van der Waals surface area contributed by atoms with Gasteiger partial charge in [-0.2, -0.15) is 0 Å². The van der Waals surface area contributed by atoms with E-state index in [9.17, 15) is 4.79 Å². The summed E-state index contributed by atoms with van der Waals surface area (Å²) in [5.41, 5.74) is 2.91. The van der Waals surface area contributed by atoms with Crippen molar-refractivity contribution in [3.05, 3.63) is 54.1 Å². The van der Waals surface area contributed by atoms with Gasteiger partial charge in [0.2, 0.25) is 5.91 Å². The quantitative estimate of drug-likeness (QED) is 0.409. The smallest absolute Gasteiger partial charge is 0.234 e. The number of carbonyl (C=O) groups excluding carboxylic acids is 1. The van der Waals surface area contributed by atoms with Crippen LogP contribution in [0.5, 0.6) is 5.75 Å². The van der Waals surface area contributed by atoms with Crippen LogP contribution in [0.25, 0.3) is 11.4 Å². The molecule has 0 saturated carbocycles. The zero-order valence-corrected chi connectivity index (χ0v) is 17.8. The first kappa shape index (κ1) is 20.9. The van der Waals surface area contributed by atoms with Gasteiger partial charge in [-0.3, -0.25) is 4.79 Å². The van der Waals surface area contributed by atoms with E-state index in [1.54, 1.807) is 0 Å². The highest BCUT2D eigenvalue weighted by Crippen LogP contribution is 2.24. The van der Waals surface area contributed by atoms with Gasteiger partial charge in [-0.1, -0.05) is 42.8 Å². The fourth-order valence-corrected chi connectivity index (χ4v) is 3.40. The summed E-state index contributed by atoms with van der Waals surface area (Å²) in [7, 11) is 1.90. The van der Waals surface area contributed by atoms with E-state index in [-0.39, 0.29) is 11.7 Å². The average molecular weight is 411 g/mol. The van der Waals surface area contributed by atoms with E-state index in [1.807, 2.05) is 67.1 Å². The summed E-state index contributed by atoms with van der Waals surface area (Å²) in [4.78, 5) is 12.2. The van der Waals surface area contributed by atoms with E-state index in [2.05, 4.69) is 22.4 Å². The Bertz CT molecular complexity index is 936. The van der Waals surface area contributed by atoms with E-state index in [0.717, 1.165) is 47.8 Å². The Labute approximate surface area is 175 Å². The summed E-state index contributed by atoms with van der Waals surface area (Å²) in [6, 6.07) is 15.6. The fourth-order valence-electron chi connectivity index (χ4n) is 2.69. The second kappa shape index (κ2) is 10.1. The number of ether oxygens (including phenoxy) is 1. The normalized spacial score (nSPS) is 10.7. The number of anilines is 1. The number of rotatable bonds is 9. The highest BCUT2D eigenvalue weighted by Gasteiger charge is 2.13. The Balaban J connectivity index is 1.57. The number of hydrogen-bond acceptors (Lipinski definition) is 5. The van der Waals surface area contributed by atoms with Gasteiger partial charge in [-0.05, 0) is 49.7 Å². The van der Waals surface area contributed by atoms with E-state index in [0.29, 0.717) is 5.16 Å². The summed E-state index contributed by atoms with van der Waals surface area (Å²) >= 11 is 1.36. The minimum absolute atomic E-state index is 0.0722. The highest BCUT2D eigenvalue weighted by molar-refractivity contribution is 7.99. The van der Waals surface area contributed by atoms with Crippen LogP contribution in [0.15, 0.2) is 53.7 Å². The number of thioether (sulfide) groups is 1. The fraction of sp³-hybridized carbons (Fsp3) is 0.318. The highest BCUT2D eigenvalue weighted by atomic mass is 32.2. The molecule has 1 N–H and O–H groups in total. The summed E-state index contributed by atoms with van der Waals surface area (Å²) < 4.78 is 7.60. The molecule has 0 aliphatic carbocycles. The lowest BCUT2D eigenvalue weighted by molar-refractivity contribution is -0.113. The van der Waals surface area contributed by atoms with Gasteiger partial charge in [-0.15, -0.1) is 10.2 Å². The Hall–Kier alpha value is -2.80. The number of aromatic nitrogens is 3. The van der Waals surface area contributed by atoms with Crippen LogP contribution in [-0.4, -0.2) is 33.0 Å². The predicted octanol–water partition coefficient (Wildman–Crippen LogP) is 4.70. The zero-order chi connectivity index (χ0) is 20.6. The molecular formula is C22H26N4O2S. The van der Waals surface area contributed by atoms with Gasteiger partial charge >= 0.3 is 0 Å². The molecule has 3 rings (SSSR count). The van der Waals surface area contributed by atoms with Crippen LogP contribution in [0.3, 0.4) is 0 Å². The van der Waals surface area contributed by atoms with Crippen molar-refractivity contribution in [3.63, 3.8) is 0 Å². The molecule has 7 heteroatoms. The second-order valence-corrected chi connectivity index (χ2v) is 7.74. The minimum Gasteiger partial charge on any atom is -0.494 e. The lowest BCUT2D eigenvalue weighted by Crippen LogP contribution is -2.14. The number of hydrogen-bond donors (Lipinski definition) is 1. The van der Waals surface area contributed by atoms with Gasteiger partial charge in [-0.25, -0.2) is 0 Å². The van der Waals surface area contributed by atoms with E-state index in [1.165, 1.54) is 11.8 Å². The Morgan fingerprint density at radius 2 is 1.83 bits per heavy atom. The number of nitrogens with one attached hydrogen (secondary N) is 1. The van der Waals surface area contributed by atoms with Crippen molar-refractivity contribution < 1.29 is 9.53 Å². The van der Waals surface area contributed by atoms with Crippen molar-refractivity contribution in [2.75, 3.05) is 17.7 Å². The van der Waals surface area contributed by atoms with E-state index in [4.69, 9.17) is 4.74 Å². The van der Waals surface area contributed by atoms with Gasteiger partial charge in [0.15, 0.2) is 11.0 Å². The number of aryl methyl sites for hydroxylation is 1. The average Bonchev–Trinajstić information content (AvgIpc) is 3.09. The molecule has 2 aromatic carbocycles. The maximum absolute atomic E-state index is 12.2. The first-order valence-corrected chi connectivity index (χ1v) is 10.7. The molecule has 0 aliphatic heterocycles. The molecule has 3 aromatic rings. The molecule has 29 heavy (non-hydrogen) atoms. The molecule has 6 nitrogen and oxygen atoms in total. The van der Waals surface area contributed by atoms with E-state index >= 15 is 0 Å². The Morgan fingerprint density at radius 1 is 1.10 bits per heavy atom. The number of amides is 1. The maximum atomic E-state index is 12.2. The van der Waals surface area contributed by atoms with Gasteiger partial charge < -0.3 is 14.6 Å². The van der Waals surface area contributed by atoms with Crippen LogP contribution < -0.4 is 10.1 Å². The third kappa shape index (κ3) is 5.84. The molecule has 0 saturated heterocycles. The van der Waals surface area contributed by atoms with E-state index < -0.39 is 0 Å². The van der Waals surface area contributed by atoms with Crippen molar-refractivity contribution in [3.8, 4) is 17.1 Å². The number of nitrogens with zero attached hydrogens (tertiary/aromatic N) is 3. The van der Waals surface area contributed by atoms with Gasteiger partial charge in [0, 0.05) is 18.3 Å². The van der Waals surface area contributed by atoms with Crippen LogP contribution in [0.1, 0.15) is 25.3 Å². The first-order chi connectivity index (χ1) is 14.1. The molecule has 152 valence electrons. The van der Waals surface area contributed by atoms with Crippen LogP contribution in [-0.2, 0) is 11.8 Å². The lowest BCUT2D eigenvalue weighted by atomic mass is 10.2. The van der Waals surface area contributed by atoms with Crippen molar-refractivity contribution in [1.29, 1.82) is 0 Å². The molecule has 0 aliphatic rings. The monoisotopic (exact) mass is 410 g/mol. The Kier molecular flexibility index (Phi) is 7.30. The number of carbonyl (C=O) groups is 1. The molecule has 0 unspecified atom stereocenters. The summed E-state index contributed by atoms with van der Waals surface area (Å²) in [6.45, 7) is 4.88.